The average Bonchev–Trinajstić information content (AvgIpc) is 2.45. The fourth-order valence-corrected chi connectivity index (χ4v) is 1.66. The van der Waals surface area contributed by atoms with E-state index in [9.17, 15) is 9.59 Å². The second-order valence-electron chi connectivity index (χ2n) is 4.06. The predicted molar refractivity (Wildman–Crippen MR) is 73.0 cm³/mol. The van der Waals surface area contributed by atoms with Crippen molar-refractivity contribution in [2.45, 2.75) is 13.3 Å². The molecule has 1 aromatic rings. The normalized spacial score (nSPS) is 9.90. The lowest BCUT2D eigenvalue weighted by molar-refractivity contribution is -0.139. The Morgan fingerprint density at radius 3 is 2.45 bits per heavy atom. The van der Waals surface area contributed by atoms with Crippen molar-refractivity contribution in [3.8, 4) is 11.5 Å². The molecule has 0 aliphatic carbocycles. The number of amides is 1. The smallest absolute Gasteiger partial charge is 0.305 e. The van der Waals surface area contributed by atoms with Crippen LogP contribution in [0.5, 0.6) is 11.5 Å². The molecule has 1 rings (SSSR count). The maximum Gasteiger partial charge on any atom is 0.305 e. The molecule has 0 spiro atoms. The van der Waals surface area contributed by atoms with Crippen molar-refractivity contribution in [2.24, 2.45) is 0 Å². The molecular formula is C14H19NO5. The second kappa shape index (κ2) is 8.04. The number of methoxy groups -OCH3 is 1. The maximum absolute atomic E-state index is 11.9. The Morgan fingerprint density at radius 2 is 1.90 bits per heavy atom. The van der Waals surface area contributed by atoms with Gasteiger partial charge >= 0.3 is 5.97 Å². The minimum atomic E-state index is -0.929. The highest BCUT2D eigenvalue weighted by molar-refractivity contribution is 5.78. The first-order valence-electron chi connectivity index (χ1n) is 6.33. The van der Waals surface area contributed by atoms with Crippen LogP contribution in [-0.4, -0.2) is 48.7 Å². The Morgan fingerprint density at radius 1 is 1.25 bits per heavy atom. The van der Waals surface area contributed by atoms with Crippen LogP contribution in [0.2, 0.25) is 0 Å². The fourth-order valence-electron chi connectivity index (χ4n) is 1.66. The van der Waals surface area contributed by atoms with Crippen LogP contribution in [-0.2, 0) is 9.59 Å². The summed E-state index contributed by atoms with van der Waals surface area (Å²) in [6, 6.07) is 7.03. The number of hydrogen-bond acceptors (Lipinski definition) is 4. The van der Waals surface area contributed by atoms with Gasteiger partial charge in [-0.15, -0.1) is 0 Å². The van der Waals surface area contributed by atoms with E-state index in [-0.39, 0.29) is 25.5 Å². The lowest BCUT2D eigenvalue weighted by Gasteiger charge is -2.20. The molecule has 1 aromatic carbocycles. The SMILES string of the molecule is CCN(CCC(=O)O)C(=O)COc1ccccc1OC. The lowest BCUT2D eigenvalue weighted by Crippen LogP contribution is -2.36. The molecule has 0 unspecified atom stereocenters. The monoisotopic (exact) mass is 281 g/mol. The molecular weight excluding hydrogens is 262 g/mol. The van der Waals surface area contributed by atoms with Crippen LogP contribution in [0.4, 0.5) is 0 Å². The van der Waals surface area contributed by atoms with Crippen LogP contribution in [0, 0.1) is 0 Å². The summed E-state index contributed by atoms with van der Waals surface area (Å²) in [5.41, 5.74) is 0. The quantitative estimate of drug-likeness (QED) is 0.779. The topological polar surface area (TPSA) is 76.1 Å². The van der Waals surface area contributed by atoms with Gasteiger partial charge in [-0.25, -0.2) is 0 Å². The third-order valence-corrected chi connectivity index (χ3v) is 2.75. The number of carboxylic acids is 1. The number of carbonyl (C=O) groups is 2. The van der Waals surface area contributed by atoms with E-state index in [0.29, 0.717) is 18.0 Å². The standard InChI is InChI=1S/C14H19NO5/c1-3-15(9-8-14(17)18)13(16)10-20-12-7-5-4-6-11(12)19-2/h4-7H,3,8-10H2,1-2H3,(H,17,18). The van der Waals surface area contributed by atoms with Gasteiger partial charge in [0.1, 0.15) is 0 Å². The van der Waals surface area contributed by atoms with Gasteiger partial charge in [-0.2, -0.15) is 0 Å². The van der Waals surface area contributed by atoms with Crippen LogP contribution in [0.3, 0.4) is 0 Å². The first-order chi connectivity index (χ1) is 9.58. The van der Waals surface area contributed by atoms with Gasteiger partial charge in [-0.3, -0.25) is 9.59 Å². The molecule has 0 aromatic heterocycles. The first kappa shape index (κ1) is 15.8. The van der Waals surface area contributed by atoms with Crippen molar-refractivity contribution in [1.29, 1.82) is 0 Å². The molecule has 0 saturated carbocycles. The van der Waals surface area contributed by atoms with Gasteiger partial charge in [0.05, 0.1) is 13.5 Å². The largest absolute Gasteiger partial charge is 0.493 e. The summed E-state index contributed by atoms with van der Waals surface area (Å²) in [6.45, 7) is 2.28. The van der Waals surface area contributed by atoms with Gasteiger partial charge in [-0.1, -0.05) is 12.1 Å². The molecule has 6 nitrogen and oxygen atoms in total. The van der Waals surface area contributed by atoms with Crippen LogP contribution < -0.4 is 9.47 Å². The van der Waals surface area contributed by atoms with Crippen LogP contribution >= 0.6 is 0 Å². The molecule has 1 N–H and O–H groups in total. The van der Waals surface area contributed by atoms with Gasteiger partial charge in [0.2, 0.25) is 0 Å². The number of benzene rings is 1. The summed E-state index contributed by atoms with van der Waals surface area (Å²) >= 11 is 0. The Balaban J connectivity index is 2.54. The molecule has 0 atom stereocenters. The molecule has 0 bridgehead atoms. The highest BCUT2D eigenvalue weighted by Gasteiger charge is 2.14. The zero-order chi connectivity index (χ0) is 15.0. The Labute approximate surface area is 117 Å². The number of ether oxygens (including phenoxy) is 2. The van der Waals surface area contributed by atoms with Gasteiger partial charge in [0, 0.05) is 13.1 Å². The zero-order valence-corrected chi connectivity index (χ0v) is 11.7. The molecule has 0 radical (unpaired) electrons. The number of carbonyl (C=O) groups excluding carboxylic acids is 1. The number of aliphatic carboxylic acids is 1. The molecule has 1 amide bonds. The van der Waals surface area contributed by atoms with Crippen molar-refractivity contribution in [1.82, 2.24) is 4.90 Å². The van der Waals surface area contributed by atoms with Gasteiger partial charge in [0.15, 0.2) is 18.1 Å². The maximum atomic E-state index is 11.9. The Kier molecular flexibility index (Phi) is 6.36. The summed E-state index contributed by atoms with van der Waals surface area (Å²) in [5.74, 6) is -0.145. The van der Waals surface area contributed by atoms with Crippen molar-refractivity contribution in [2.75, 3.05) is 26.8 Å². The van der Waals surface area contributed by atoms with E-state index in [1.165, 1.54) is 12.0 Å². The summed E-state index contributed by atoms with van der Waals surface area (Å²) < 4.78 is 10.5. The summed E-state index contributed by atoms with van der Waals surface area (Å²) in [6.07, 6.45) is -0.0752. The van der Waals surface area contributed by atoms with E-state index in [1.807, 2.05) is 0 Å². The number of para-hydroxylation sites is 2. The Bertz CT molecular complexity index is 461. The van der Waals surface area contributed by atoms with E-state index in [2.05, 4.69) is 0 Å². The van der Waals surface area contributed by atoms with Crippen LogP contribution in [0.15, 0.2) is 24.3 Å². The van der Waals surface area contributed by atoms with Gasteiger partial charge < -0.3 is 19.5 Å². The molecule has 0 aliphatic heterocycles. The predicted octanol–water partition coefficient (Wildman–Crippen LogP) is 1.40. The van der Waals surface area contributed by atoms with Crippen LogP contribution in [0.25, 0.3) is 0 Å². The second-order valence-corrected chi connectivity index (χ2v) is 4.06. The highest BCUT2D eigenvalue weighted by atomic mass is 16.5. The van der Waals surface area contributed by atoms with E-state index in [4.69, 9.17) is 14.6 Å². The molecule has 110 valence electrons. The molecule has 0 saturated heterocycles. The summed E-state index contributed by atoms with van der Waals surface area (Å²) in [5, 5.41) is 8.63. The molecule has 20 heavy (non-hydrogen) atoms. The third-order valence-electron chi connectivity index (χ3n) is 2.75. The van der Waals surface area contributed by atoms with Crippen molar-refractivity contribution in [3.05, 3.63) is 24.3 Å². The lowest BCUT2D eigenvalue weighted by atomic mass is 10.3. The van der Waals surface area contributed by atoms with E-state index in [0.717, 1.165) is 0 Å². The first-order valence-corrected chi connectivity index (χ1v) is 6.33. The minimum Gasteiger partial charge on any atom is -0.493 e. The third kappa shape index (κ3) is 4.79. The number of nitrogens with zero attached hydrogens (tertiary/aromatic N) is 1. The van der Waals surface area contributed by atoms with Gasteiger partial charge in [0.25, 0.3) is 5.91 Å². The fraction of sp³-hybridized carbons (Fsp3) is 0.429. The Hall–Kier alpha value is -2.24. The zero-order valence-electron chi connectivity index (χ0n) is 11.7. The molecule has 0 fully saturated rings. The molecule has 6 heteroatoms. The summed E-state index contributed by atoms with van der Waals surface area (Å²) in [7, 11) is 1.52. The highest BCUT2D eigenvalue weighted by Crippen LogP contribution is 2.25. The molecule has 0 aliphatic rings. The van der Waals surface area contributed by atoms with E-state index >= 15 is 0 Å². The van der Waals surface area contributed by atoms with Crippen molar-refractivity contribution < 1.29 is 24.2 Å². The number of carboxylic acid groups (broad SMARTS) is 1. The van der Waals surface area contributed by atoms with E-state index < -0.39 is 5.97 Å². The molecule has 0 heterocycles. The van der Waals surface area contributed by atoms with Crippen molar-refractivity contribution >= 4 is 11.9 Å². The number of hydrogen-bond donors (Lipinski definition) is 1. The van der Waals surface area contributed by atoms with Gasteiger partial charge in [-0.05, 0) is 19.1 Å². The van der Waals surface area contributed by atoms with Crippen molar-refractivity contribution in [3.63, 3.8) is 0 Å². The average molecular weight is 281 g/mol. The number of rotatable bonds is 8. The van der Waals surface area contributed by atoms with E-state index in [1.54, 1.807) is 31.2 Å². The number of likely N-dealkylation sites (N-methyl/N-ethyl adjacent to an activating group) is 1. The summed E-state index contributed by atoms with van der Waals surface area (Å²) in [4.78, 5) is 23.9. The minimum absolute atomic E-state index is 0.0752. The van der Waals surface area contributed by atoms with Crippen LogP contribution in [0.1, 0.15) is 13.3 Å².